The predicted octanol–water partition coefficient (Wildman–Crippen LogP) is 4.93. The van der Waals surface area contributed by atoms with Crippen molar-refractivity contribution in [1.82, 2.24) is 30.2 Å². The van der Waals surface area contributed by atoms with E-state index in [1.807, 2.05) is 92.4 Å². The van der Waals surface area contributed by atoms with Gasteiger partial charge in [-0.2, -0.15) is 9.97 Å². The highest BCUT2D eigenvalue weighted by molar-refractivity contribution is 5.85. The Balaban J connectivity index is 1.15. The van der Waals surface area contributed by atoms with Crippen LogP contribution in [0.2, 0.25) is 0 Å². The molecule has 5 N–H and O–H groups in total. The number of nitrogens with one attached hydrogen (secondary N) is 3. The number of carbonyl (C=O) groups excluding carboxylic acids is 2. The molecule has 7 rings (SSSR count). The minimum Gasteiger partial charge on any atom is -0.444 e. The van der Waals surface area contributed by atoms with Crippen molar-refractivity contribution in [3.8, 4) is 0 Å². The standard InChI is InChI=1S/C43H52N8O6/c1-27(56-25-28-14-8-5-9-15-28)40(54)47-33-22-34(37(53)36(33)52)51-26-45-35-38(44-23-32(29-16-10-6-11-17-29)30-18-12-7-13-19-30)48-41(49-39(35)51)50-21-20-31(24-50)46-42(55)57-43(2,3)4/h5-19,26-27,31-34,36-37,52-53H,20-25H2,1-4H3,(H,46,55)(H,47,54)(H,44,48,49)/t27?,31?,33-,34+,36+,37-/m0/s1. The topological polar surface area (TPSA) is 176 Å². The van der Waals surface area contributed by atoms with E-state index in [4.69, 9.17) is 24.4 Å². The Labute approximate surface area is 332 Å². The molecule has 14 heteroatoms. The van der Waals surface area contributed by atoms with Crippen molar-refractivity contribution in [2.24, 2.45) is 0 Å². The van der Waals surface area contributed by atoms with Gasteiger partial charge in [0.1, 0.15) is 23.9 Å². The minimum atomic E-state index is -1.24. The third kappa shape index (κ3) is 9.53. The zero-order chi connectivity index (χ0) is 40.1. The second-order valence-corrected chi connectivity index (χ2v) is 15.9. The van der Waals surface area contributed by atoms with Crippen LogP contribution in [0.25, 0.3) is 11.2 Å². The van der Waals surface area contributed by atoms with E-state index in [1.54, 1.807) is 17.8 Å². The number of ether oxygens (including phenoxy) is 2. The summed E-state index contributed by atoms with van der Waals surface area (Å²) in [4.78, 5) is 42.6. The first-order valence-corrected chi connectivity index (χ1v) is 19.6. The number of hydrogen-bond donors (Lipinski definition) is 5. The highest BCUT2D eigenvalue weighted by atomic mass is 16.6. The first kappa shape index (κ1) is 39.7. The molecule has 2 fully saturated rings. The lowest BCUT2D eigenvalue weighted by molar-refractivity contribution is -0.134. The molecule has 0 spiro atoms. The molecule has 3 heterocycles. The largest absolute Gasteiger partial charge is 0.444 e. The molecule has 14 nitrogen and oxygen atoms in total. The van der Waals surface area contributed by atoms with Gasteiger partial charge in [0.15, 0.2) is 17.0 Å². The highest BCUT2D eigenvalue weighted by Crippen LogP contribution is 2.36. The van der Waals surface area contributed by atoms with E-state index < -0.39 is 42.1 Å². The monoisotopic (exact) mass is 776 g/mol. The van der Waals surface area contributed by atoms with E-state index in [-0.39, 0.29) is 30.9 Å². The van der Waals surface area contributed by atoms with Crippen molar-refractivity contribution in [3.05, 3.63) is 114 Å². The van der Waals surface area contributed by atoms with Crippen molar-refractivity contribution < 1.29 is 29.3 Å². The predicted molar refractivity (Wildman–Crippen MR) is 217 cm³/mol. The van der Waals surface area contributed by atoms with Gasteiger partial charge >= 0.3 is 6.09 Å². The fourth-order valence-electron chi connectivity index (χ4n) is 7.54. The molecule has 57 heavy (non-hydrogen) atoms. The van der Waals surface area contributed by atoms with Crippen LogP contribution >= 0.6 is 0 Å². The minimum absolute atomic E-state index is 0.00705. The van der Waals surface area contributed by atoms with Crippen LogP contribution in [-0.2, 0) is 20.9 Å². The smallest absolute Gasteiger partial charge is 0.407 e. The zero-order valence-corrected chi connectivity index (χ0v) is 32.8. The summed E-state index contributed by atoms with van der Waals surface area (Å²) in [6, 6.07) is 28.5. The van der Waals surface area contributed by atoms with Gasteiger partial charge in [0.2, 0.25) is 11.9 Å². The second-order valence-electron chi connectivity index (χ2n) is 15.9. The van der Waals surface area contributed by atoms with E-state index in [0.29, 0.717) is 49.0 Å². The quantitative estimate of drug-likeness (QED) is 0.110. The van der Waals surface area contributed by atoms with Gasteiger partial charge in [-0.15, -0.1) is 0 Å². The average molecular weight is 777 g/mol. The molecule has 2 unspecified atom stereocenters. The van der Waals surface area contributed by atoms with Crippen LogP contribution in [0.5, 0.6) is 0 Å². The Morgan fingerprint density at radius 1 is 0.895 bits per heavy atom. The van der Waals surface area contributed by atoms with Crippen LogP contribution in [0, 0.1) is 0 Å². The molecule has 5 aromatic rings. The summed E-state index contributed by atoms with van der Waals surface area (Å²) in [5.74, 6) is 0.548. The third-order valence-electron chi connectivity index (χ3n) is 10.5. The Bertz CT molecular complexity index is 2070. The normalized spacial score (nSPS) is 21.5. The van der Waals surface area contributed by atoms with E-state index in [1.165, 1.54) is 0 Å². The molecule has 1 aliphatic heterocycles. The number of anilines is 2. The number of aliphatic hydroxyl groups excluding tert-OH is 2. The van der Waals surface area contributed by atoms with Gasteiger partial charge in [0.05, 0.1) is 31.1 Å². The Hall–Kier alpha value is -5.57. The number of nitrogens with zero attached hydrogens (tertiary/aromatic N) is 5. The summed E-state index contributed by atoms with van der Waals surface area (Å²) < 4.78 is 13.1. The van der Waals surface area contributed by atoms with Crippen molar-refractivity contribution in [1.29, 1.82) is 0 Å². The molecule has 300 valence electrons. The Morgan fingerprint density at radius 3 is 2.19 bits per heavy atom. The molecule has 6 atom stereocenters. The van der Waals surface area contributed by atoms with Crippen LogP contribution in [-0.4, -0.2) is 97.4 Å². The van der Waals surface area contributed by atoms with Gasteiger partial charge in [0, 0.05) is 25.6 Å². The maximum absolute atomic E-state index is 13.2. The second kappa shape index (κ2) is 17.3. The number of aliphatic hydroxyl groups is 2. The molecular weight excluding hydrogens is 725 g/mol. The molecule has 1 saturated heterocycles. The van der Waals surface area contributed by atoms with Gasteiger partial charge in [-0.1, -0.05) is 91.0 Å². The molecule has 2 aliphatic rings. The van der Waals surface area contributed by atoms with Gasteiger partial charge < -0.3 is 45.1 Å². The number of carbonyl (C=O) groups is 2. The number of aromatic nitrogens is 4. The zero-order valence-electron chi connectivity index (χ0n) is 32.8. The van der Waals surface area contributed by atoms with Crippen molar-refractivity contribution in [2.75, 3.05) is 29.9 Å². The fourth-order valence-corrected chi connectivity index (χ4v) is 7.54. The lowest BCUT2D eigenvalue weighted by Crippen LogP contribution is -2.46. The van der Waals surface area contributed by atoms with Crippen molar-refractivity contribution in [2.45, 2.75) is 95.1 Å². The highest BCUT2D eigenvalue weighted by Gasteiger charge is 2.44. The Kier molecular flexibility index (Phi) is 12.0. The number of rotatable bonds is 13. The number of imidazole rings is 1. The van der Waals surface area contributed by atoms with E-state index in [2.05, 4.69) is 40.2 Å². The van der Waals surface area contributed by atoms with Gasteiger partial charge in [-0.25, -0.2) is 9.78 Å². The summed E-state index contributed by atoms with van der Waals surface area (Å²) in [5, 5.41) is 32.1. The van der Waals surface area contributed by atoms with Crippen molar-refractivity contribution >= 4 is 34.9 Å². The number of hydrogen-bond acceptors (Lipinski definition) is 11. The summed E-state index contributed by atoms with van der Waals surface area (Å²) in [6.07, 6.45) is -1.24. The number of amides is 2. The molecule has 1 aliphatic carbocycles. The lowest BCUT2D eigenvalue weighted by atomic mass is 9.91. The molecule has 3 aromatic carbocycles. The average Bonchev–Trinajstić information content (AvgIpc) is 3.92. The summed E-state index contributed by atoms with van der Waals surface area (Å²) in [7, 11) is 0. The number of fused-ring (bicyclic) bond motifs is 1. The maximum Gasteiger partial charge on any atom is 0.407 e. The maximum atomic E-state index is 13.2. The van der Waals surface area contributed by atoms with Gasteiger partial charge in [-0.05, 0) is 57.2 Å². The van der Waals surface area contributed by atoms with Crippen LogP contribution in [0.3, 0.4) is 0 Å². The molecular formula is C43H52N8O6. The summed E-state index contributed by atoms with van der Waals surface area (Å²) in [5.41, 5.74) is 3.55. The summed E-state index contributed by atoms with van der Waals surface area (Å²) >= 11 is 0. The lowest BCUT2D eigenvalue weighted by Gasteiger charge is -2.23. The van der Waals surface area contributed by atoms with Crippen LogP contribution in [0.15, 0.2) is 97.3 Å². The van der Waals surface area contributed by atoms with E-state index >= 15 is 0 Å². The Morgan fingerprint density at radius 2 is 1.54 bits per heavy atom. The number of benzene rings is 3. The SMILES string of the molecule is CC(OCc1ccccc1)C(=O)N[C@H]1C[C@@H](n2cnc3c(NCC(c4ccccc4)c4ccccc4)nc(N4CCC(NC(=O)OC(C)(C)C)C4)nc32)[C@H](O)[C@@H]1O. The van der Waals surface area contributed by atoms with Crippen LogP contribution in [0.1, 0.15) is 69.2 Å². The number of alkyl carbamates (subject to hydrolysis) is 1. The molecule has 2 aromatic heterocycles. The van der Waals surface area contributed by atoms with E-state index in [0.717, 1.165) is 16.7 Å². The van der Waals surface area contributed by atoms with Gasteiger partial charge in [0.25, 0.3) is 0 Å². The van der Waals surface area contributed by atoms with Crippen LogP contribution < -0.4 is 20.9 Å². The molecule has 0 radical (unpaired) electrons. The third-order valence-corrected chi connectivity index (χ3v) is 10.5. The fraction of sp³-hybridized carbons (Fsp3) is 0.419. The van der Waals surface area contributed by atoms with E-state index in [9.17, 15) is 19.8 Å². The van der Waals surface area contributed by atoms with Crippen molar-refractivity contribution in [3.63, 3.8) is 0 Å². The van der Waals surface area contributed by atoms with Crippen LogP contribution in [0.4, 0.5) is 16.6 Å². The first-order valence-electron chi connectivity index (χ1n) is 19.6. The molecule has 1 saturated carbocycles. The first-order chi connectivity index (χ1) is 27.4. The molecule has 2 amide bonds. The van der Waals surface area contributed by atoms with Gasteiger partial charge in [-0.3, -0.25) is 4.79 Å². The summed E-state index contributed by atoms with van der Waals surface area (Å²) in [6.45, 7) is 8.94. The molecule has 0 bridgehead atoms.